The van der Waals surface area contributed by atoms with E-state index in [1.807, 2.05) is 13.8 Å². The number of nitrogens with two attached hydrogens (primary N) is 1. The van der Waals surface area contributed by atoms with E-state index in [2.05, 4.69) is 4.98 Å². The Morgan fingerprint density at radius 1 is 1.42 bits per heavy atom. The summed E-state index contributed by atoms with van der Waals surface area (Å²) in [5.74, 6) is 0.432. The molecule has 0 radical (unpaired) electrons. The van der Waals surface area contributed by atoms with Crippen LogP contribution in [0.3, 0.4) is 0 Å². The number of amides is 2. The average Bonchev–Trinajstić information content (AvgIpc) is 2.90. The summed E-state index contributed by atoms with van der Waals surface area (Å²) in [7, 11) is 1.79. The second-order valence-corrected chi connectivity index (χ2v) is 6.72. The lowest BCUT2D eigenvalue weighted by Gasteiger charge is -2.20. The smallest absolute Gasteiger partial charge is 0.252 e. The zero-order chi connectivity index (χ0) is 18.8. The quantitative estimate of drug-likeness (QED) is 0.854. The maximum atomic E-state index is 11.8. The van der Waals surface area contributed by atoms with E-state index < -0.39 is 5.91 Å². The number of likely N-dealkylation sites (tertiary alicyclic amines) is 1. The second kappa shape index (κ2) is 7.19. The summed E-state index contributed by atoms with van der Waals surface area (Å²) < 4.78 is 11.6. The summed E-state index contributed by atoms with van der Waals surface area (Å²) in [6.07, 6.45) is 2.83. The molecule has 2 amide bonds. The number of aromatic nitrogens is 1. The normalized spacial score (nSPS) is 17.2. The Hall–Kier alpha value is -2.83. The highest BCUT2D eigenvalue weighted by atomic mass is 16.5. The first-order valence-corrected chi connectivity index (χ1v) is 8.64. The van der Waals surface area contributed by atoms with E-state index in [-0.39, 0.29) is 18.1 Å². The van der Waals surface area contributed by atoms with Crippen molar-refractivity contribution in [2.75, 3.05) is 13.7 Å². The highest BCUT2D eigenvalue weighted by molar-refractivity contribution is 6.01. The van der Waals surface area contributed by atoms with E-state index in [4.69, 9.17) is 15.2 Å². The number of pyridine rings is 1. The Morgan fingerprint density at radius 2 is 2.19 bits per heavy atom. The van der Waals surface area contributed by atoms with Gasteiger partial charge in [0.25, 0.3) is 5.91 Å². The van der Waals surface area contributed by atoms with Gasteiger partial charge in [-0.05, 0) is 43.9 Å². The standard InChI is InChI=1S/C19H23N3O4/c1-11(2)26-16-9-14-12(8-15(16)18(20)24)6-7-21-19(14)25-10-13-4-5-17(23)22(13)3/h6-9,11,13H,4-5,10H2,1-3H3,(H2,20,24). The Balaban J connectivity index is 1.93. The summed E-state index contributed by atoms with van der Waals surface area (Å²) in [5, 5.41) is 1.52. The van der Waals surface area contributed by atoms with Crippen molar-refractivity contribution < 1.29 is 19.1 Å². The Bertz CT molecular complexity index is 850. The first kappa shape index (κ1) is 18.0. The molecule has 0 aliphatic carbocycles. The zero-order valence-corrected chi connectivity index (χ0v) is 15.2. The van der Waals surface area contributed by atoms with Gasteiger partial charge >= 0.3 is 0 Å². The number of benzene rings is 1. The molecular weight excluding hydrogens is 334 g/mol. The van der Waals surface area contributed by atoms with Crippen molar-refractivity contribution in [3.63, 3.8) is 0 Å². The fourth-order valence-electron chi connectivity index (χ4n) is 3.07. The molecule has 1 aromatic heterocycles. The van der Waals surface area contributed by atoms with E-state index in [0.29, 0.717) is 30.2 Å². The maximum Gasteiger partial charge on any atom is 0.252 e. The molecule has 3 rings (SSSR count). The first-order valence-electron chi connectivity index (χ1n) is 8.64. The Kier molecular flexibility index (Phi) is 4.97. The molecule has 26 heavy (non-hydrogen) atoms. The number of carbonyl (C=O) groups is 2. The molecule has 1 aliphatic rings. The molecule has 7 nitrogen and oxygen atoms in total. The van der Waals surface area contributed by atoms with Crippen molar-refractivity contribution in [3.05, 3.63) is 30.0 Å². The highest BCUT2D eigenvalue weighted by Gasteiger charge is 2.28. The van der Waals surface area contributed by atoms with Crippen LogP contribution >= 0.6 is 0 Å². The molecule has 7 heteroatoms. The molecule has 2 N–H and O–H groups in total. The number of carbonyl (C=O) groups excluding carboxylic acids is 2. The van der Waals surface area contributed by atoms with Gasteiger partial charge in [-0.25, -0.2) is 4.98 Å². The van der Waals surface area contributed by atoms with Gasteiger partial charge in [-0.3, -0.25) is 9.59 Å². The summed E-state index contributed by atoms with van der Waals surface area (Å²) in [4.78, 5) is 29.4. The van der Waals surface area contributed by atoms with Crippen LogP contribution in [0.25, 0.3) is 10.8 Å². The molecule has 1 aromatic carbocycles. The van der Waals surface area contributed by atoms with Gasteiger partial charge in [-0.1, -0.05) is 0 Å². The second-order valence-electron chi connectivity index (χ2n) is 6.72. The van der Waals surface area contributed by atoms with Gasteiger partial charge in [0.2, 0.25) is 11.8 Å². The molecule has 0 bridgehead atoms. The van der Waals surface area contributed by atoms with Gasteiger partial charge < -0.3 is 20.1 Å². The monoisotopic (exact) mass is 357 g/mol. The topological polar surface area (TPSA) is 94.8 Å². The number of rotatable bonds is 6. The fraction of sp³-hybridized carbons (Fsp3) is 0.421. The Morgan fingerprint density at radius 3 is 2.81 bits per heavy atom. The number of fused-ring (bicyclic) bond motifs is 1. The van der Waals surface area contributed by atoms with Crippen molar-refractivity contribution in [2.45, 2.75) is 38.8 Å². The predicted molar refractivity (Wildman–Crippen MR) is 97.3 cm³/mol. The van der Waals surface area contributed by atoms with Crippen LogP contribution in [0, 0.1) is 0 Å². The van der Waals surface area contributed by atoms with Crippen LogP contribution < -0.4 is 15.2 Å². The predicted octanol–water partition coefficient (Wildman–Crippen LogP) is 2.12. The third-order valence-corrected chi connectivity index (χ3v) is 4.50. The molecule has 2 heterocycles. The first-order chi connectivity index (χ1) is 12.4. The molecule has 1 aliphatic heterocycles. The average molecular weight is 357 g/mol. The number of ether oxygens (including phenoxy) is 2. The van der Waals surface area contributed by atoms with E-state index in [9.17, 15) is 9.59 Å². The van der Waals surface area contributed by atoms with E-state index in [1.54, 1.807) is 36.3 Å². The van der Waals surface area contributed by atoms with Crippen LogP contribution in [0.15, 0.2) is 24.4 Å². The highest BCUT2D eigenvalue weighted by Crippen LogP contribution is 2.31. The maximum absolute atomic E-state index is 11.8. The minimum atomic E-state index is -0.548. The number of nitrogens with zero attached hydrogens (tertiary/aromatic N) is 2. The number of likely N-dealkylation sites (N-methyl/N-ethyl adjacent to an activating group) is 1. The van der Waals surface area contributed by atoms with Gasteiger partial charge in [0.15, 0.2) is 0 Å². The molecule has 0 saturated carbocycles. The van der Waals surface area contributed by atoms with Crippen LogP contribution in [-0.2, 0) is 4.79 Å². The van der Waals surface area contributed by atoms with Gasteiger partial charge in [0, 0.05) is 25.1 Å². The molecule has 0 spiro atoms. The lowest BCUT2D eigenvalue weighted by Crippen LogP contribution is -2.33. The van der Waals surface area contributed by atoms with Crippen LogP contribution in [-0.4, -0.2) is 47.5 Å². The SMILES string of the molecule is CC(C)Oc1cc2c(OCC3CCC(=O)N3C)nccc2cc1C(N)=O. The summed E-state index contributed by atoms with van der Waals surface area (Å²) >= 11 is 0. The number of primary amides is 1. The molecule has 1 fully saturated rings. The minimum absolute atomic E-state index is 0.0378. The molecular formula is C19H23N3O4. The van der Waals surface area contributed by atoms with Crippen molar-refractivity contribution in [1.82, 2.24) is 9.88 Å². The van der Waals surface area contributed by atoms with Crippen LogP contribution in [0.5, 0.6) is 11.6 Å². The fourth-order valence-corrected chi connectivity index (χ4v) is 3.07. The molecule has 2 aromatic rings. The third-order valence-electron chi connectivity index (χ3n) is 4.50. The van der Waals surface area contributed by atoms with Gasteiger partial charge in [-0.2, -0.15) is 0 Å². The van der Waals surface area contributed by atoms with Crippen molar-refractivity contribution in [3.8, 4) is 11.6 Å². The van der Waals surface area contributed by atoms with E-state index >= 15 is 0 Å². The van der Waals surface area contributed by atoms with E-state index in [1.165, 1.54) is 0 Å². The summed E-state index contributed by atoms with van der Waals surface area (Å²) in [5.41, 5.74) is 5.81. The van der Waals surface area contributed by atoms with Crippen LogP contribution in [0.1, 0.15) is 37.0 Å². The van der Waals surface area contributed by atoms with Crippen molar-refractivity contribution >= 4 is 22.6 Å². The van der Waals surface area contributed by atoms with Crippen LogP contribution in [0.2, 0.25) is 0 Å². The van der Waals surface area contributed by atoms with Crippen molar-refractivity contribution in [2.24, 2.45) is 5.73 Å². The minimum Gasteiger partial charge on any atom is -0.490 e. The van der Waals surface area contributed by atoms with Gasteiger partial charge in [0.05, 0.1) is 17.7 Å². The third kappa shape index (κ3) is 3.56. The number of hydrogen-bond donors (Lipinski definition) is 1. The largest absolute Gasteiger partial charge is 0.490 e. The van der Waals surface area contributed by atoms with Crippen LogP contribution in [0.4, 0.5) is 0 Å². The lowest BCUT2D eigenvalue weighted by molar-refractivity contribution is -0.127. The zero-order valence-electron chi connectivity index (χ0n) is 15.2. The Labute approximate surface area is 152 Å². The molecule has 1 atom stereocenters. The lowest BCUT2D eigenvalue weighted by atomic mass is 10.1. The molecule has 138 valence electrons. The number of hydrogen-bond acceptors (Lipinski definition) is 5. The molecule has 1 saturated heterocycles. The summed E-state index contributed by atoms with van der Waals surface area (Å²) in [6.45, 7) is 4.12. The van der Waals surface area contributed by atoms with Crippen molar-refractivity contribution in [1.29, 1.82) is 0 Å². The van der Waals surface area contributed by atoms with Gasteiger partial charge in [0.1, 0.15) is 12.4 Å². The summed E-state index contributed by atoms with van der Waals surface area (Å²) in [6, 6.07) is 5.26. The van der Waals surface area contributed by atoms with E-state index in [0.717, 1.165) is 17.2 Å². The molecule has 1 unspecified atom stereocenters. The van der Waals surface area contributed by atoms with Gasteiger partial charge in [-0.15, -0.1) is 0 Å².